The van der Waals surface area contributed by atoms with Crippen molar-refractivity contribution in [3.8, 4) is 11.1 Å². The number of methoxy groups -OCH3 is 1. The van der Waals surface area contributed by atoms with Gasteiger partial charge in [-0.15, -0.1) is 0 Å². The van der Waals surface area contributed by atoms with Crippen LogP contribution in [0.4, 0.5) is 10.1 Å². The van der Waals surface area contributed by atoms with Gasteiger partial charge in [-0.3, -0.25) is 9.59 Å². The first-order valence-corrected chi connectivity index (χ1v) is 9.50. The predicted octanol–water partition coefficient (Wildman–Crippen LogP) is 3.71. The monoisotopic (exact) mass is 384 g/mol. The Morgan fingerprint density at radius 3 is 2.68 bits per heavy atom. The zero-order valence-electron chi connectivity index (χ0n) is 16.0. The van der Waals surface area contributed by atoms with Gasteiger partial charge in [-0.25, -0.2) is 4.39 Å². The van der Waals surface area contributed by atoms with Gasteiger partial charge in [0.25, 0.3) is 0 Å². The fraction of sp³-hybridized carbons (Fsp3) is 0.364. The zero-order chi connectivity index (χ0) is 19.9. The molecule has 1 heterocycles. The maximum Gasteiger partial charge on any atom is 0.229 e. The minimum Gasteiger partial charge on any atom is -0.384 e. The van der Waals surface area contributed by atoms with E-state index in [2.05, 4.69) is 5.32 Å². The smallest absolute Gasteiger partial charge is 0.229 e. The van der Waals surface area contributed by atoms with Gasteiger partial charge in [0.05, 0.1) is 18.9 Å². The van der Waals surface area contributed by atoms with Crippen molar-refractivity contribution in [3.05, 3.63) is 54.3 Å². The Balaban J connectivity index is 1.59. The summed E-state index contributed by atoms with van der Waals surface area (Å²) in [5, 5.41) is 2.93. The molecular formula is C22H25FN2O3. The number of hydrogen-bond donors (Lipinski definition) is 1. The number of carbonyl (C=O) groups is 2. The van der Waals surface area contributed by atoms with E-state index in [0.29, 0.717) is 31.8 Å². The van der Waals surface area contributed by atoms with Crippen LogP contribution in [0.25, 0.3) is 11.1 Å². The number of benzene rings is 2. The highest BCUT2D eigenvalue weighted by Gasteiger charge is 2.28. The molecule has 0 radical (unpaired) electrons. The maximum absolute atomic E-state index is 13.4. The number of hydrogen-bond acceptors (Lipinski definition) is 3. The Morgan fingerprint density at radius 1 is 1.18 bits per heavy atom. The van der Waals surface area contributed by atoms with Gasteiger partial charge in [0.15, 0.2) is 0 Å². The molecule has 2 amide bonds. The van der Waals surface area contributed by atoms with Crippen LogP contribution in [0.1, 0.15) is 19.3 Å². The minimum atomic E-state index is -0.281. The summed E-state index contributed by atoms with van der Waals surface area (Å²) in [5.74, 6) is -0.554. The Labute approximate surface area is 164 Å². The molecule has 2 aromatic carbocycles. The molecule has 0 bridgehead atoms. The van der Waals surface area contributed by atoms with E-state index in [1.54, 1.807) is 18.1 Å². The summed E-state index contributed by atoms with van der Waals surface area (Å²) in [6.07, 6.45) is 1.92. The van der Waals surface area contributed by atoms with Crippen LogP contribution in [0.15, 0.2) is 48.5 Å². The molecule has 1 aliphatic rings. The molecule has 0 aliphatic carbocycles. The van der Waals surface area contributed by atoms with Gasteiger partial charge in [0.1, 0.15) is 5.82 Å². The van der Waals surface area contributed by atoms with Crippen molar-refractivity contribution in [2.45, 2.75) is 19.3 Å². The second-order valence-electron chi connectivity index (χ2n) is 7.00. The Bertz CT molecular complexity index is 823. The van der Waals surface area contributed by atoms with Crippen molar-refractivity contribution < 1.29 is 18.7 Å². The van der Waals surface area contributed by atoms with Crippen LogP contribution < -0.4 is 5.32 Å². The number of nitrogens with one attached hydrogen (secondary N) is 1. The first-order chi connectivity index (χ1) is 13.6. The molecule has 1 atom stereocenters. The summed E-state index contributed by atoms with van der Waals surface area (Å²) in [6.45, 7) is 1.52. The third-order valence-electron chi connectivity index (χ3n) is 4.98. The van der Waals surface area contributed by atoms with Gasteiger partial charge in [-0.2, -0.15) is 0 Å². The molecule has 1 aliphatic heterocycles. The van der Waals surface area contributed by atoms with Gasteiger partial charge in [0, 0.05) is 25.9 Å². The van der Waals surface area contributed by atoms with Crippen LogP contribution in [-0.4, -0.2) is 43.5 Å². The second kappa shape index (κ2) is 9.46. The van der Waals surface area contributed by atoms with Crippen molar-refractivity contribution in [3.63, 3.8) is 0 Å². The summed E-state index contributed by atoms with van der Waals surface area (Å²) in [7, 11) is 1.57. The van der Waals surface area contributed by atoms with Crippen molar-refractivity contribution in [1.29, 1.82) is 0 Å². The van der Waals surface area contributed by atoms with E-state index in [-0.39, 0.29) is 23.5 Å². The lowest BCUT2D eigenvalue weighted by Crippen LogP contribution is -2.44. The average Bonchev–Trinajstić information content (AvgIpc) is 2.72. The number of carbonyl (C=O) groups excluding carboxylic acids is 2. The fourth-order valence-electron chi connectivity index (χ4n) is 3.42. The highest BCUT2D eigenvalue weighted by Crippen LogP contribution is 2.23. The van der Waals surface area contributed by atoms with Crippen molar-refractivity contribution in [1.82, 2.24) is 4.90 Å². The largest absolute Gasteiger partial charge is 0.384 e. The highest BCUT2D eigenvalue weighted by atomic mass is 19.1. The fourth-order valence-corrected chi connectivity index (χ4v) is 3.42. The van der Waals surface area contributed by atoms with E-state index in [1.165, 1.54) is 12.1 Å². The zero-order valence-corrected chi connectivity index (χ0v) is 16.0. The standard InChI is InChI=1S/C22H25FN2O3/c1-28-13-11-21(26)25-12-3-5-18(15-25)22(27)24-20-9-7-16(8-10-20)17-4-2-6-19(23)14-17/h2,4,6-10,14,18H,3,5,11-13,15H2,1H3,(H,24,27)/t18-/m1/s1. The number of halogens is 1. The first kappa shape index (κ1) is 20.0. The van der Waals surface area contributed by atoms with Gasteiger partial charge in [0.2, 0.25) is 11.8 Å². The first-order valence-electron chi connectivity index (χ1n) is 9.50. The SMILES string of the molecule is COCCC(=O)N1CCC[C@@H](C(=O)Nc2ccc(-c3cccc(F)c3)cc2)C1. The molecule has 5 nitrogen and oxygen atoms in total. The lowest BCUT2D eigenvalue weighted by atomic mass is 9.96. The number of anilines is 1. The Hall–Kier alpha value is -2.73. The van der Waals surface area contributed by atoms with E-state index in [1.807, 2.05) is 30.3 Å². The molecule has 148 valence electrons. The number of rotatable bonds is 6. The molecule has 6 heteroatoms. The summed E-state index contributed by atoms with van der Waals surface area (Å²) in [5.41, 5.74) is 2.36. The van der Waals surface area contributed by atoms with Crippen molar-refractivity contribution >= 4 is 17.5 Å². The maximum atomic E-state index is 13.4. The highest BCUT2D eigenvalue weighted by molar-refractivity contribution is 5.93. The normalized spacial score (nSPS) is 16.6. The lowest BCUT2D eigenvalue weighted by molar-refractivity contribution is -0.135. The molecule has 1 saturated heterocycles. The third-order valence-corrected chi connectivity index (χ3v) is 4.98. The summed E-state index contributed by atoms with van der Waals surface area (Å²) in [6, 6.07) is 13.7. The topological polar surface area (TPSA) is 58.6 Å². The molecular weight excluding hydrogens is 359 g/mol. The van der Waals surface area contributed by atoms with Crippen molar-refractivity contribution in [2.24, 2.45) is 5.92 Å². The number of likely N-dealkylation sites (tertiary alicyclic amines) is 1. The van der Waals surface area contributed by atoms with Gasteiger partial charge in [-0.1, -0.05) is 24.3 Å². The summed E-state index contributed by atoms with van der Waals surface area (Å²) >= 11 is 0. The molecule has 2 aromatic rings. The Morgan fingerprint density at radius 2 is 1.96 bits per heavy atom. The van der Waals surface area contributed by atoms with E-state index in [9.17, 15) is 14.0 Å². The predicted molar refractivity (Wildman–Crippen MR) is 106 cm³/mol. The van der Waals surface area contributed by atoms with Gasteiger partial charge in [-0.05, 0) is 48.2 Å². The average molecular weight is 384 g/mol. The Kier molecular flexibility index (Phi) is 6.76. The summed E-state index contributed by atoms with van der Waals surface area (Å²) < 4.78 is 18.3. The molecule has 0 aromatic heterocycles. The lowest BCUT2D eigenvalue weighted by Gasteiger charge is -2.32. The van der Waals surface area contributed by atoms with Crippen LogP contribution >= 0.6 is 0 Å². The molecule has 3 rings (SSSR count). The molecule has 28 heavy (non-hydrogen) atoms. The van der Waals surface area contributed by atoms with Crippen LogP contribution in [0.3, 0.4) is 0 Å². The van der Waals surface area contributed by atoms with Gasteiger partial charge >= 0.3 is 0 Å². The van der Waals surface area contributed by atoms with E-state index in [4.69, 9.17) is 4.74 Å². The molecule has 0 unspecified atom stereocenters. The third kappa shape index (κ3) is 5.16. The molecule has 1 N–H and O–H groups in total. The second-order valence-corrected chi connectivity index (χ2v) is 7.00. The van der Waals surface area contributed by atoms with Gasteiger partial charge < -0.3 is 15.0 Å². The quantitative estimate of drug-likeness (QED) is 0.826. The number of ether oxygens (including phenoxy) is 1. The van der Waals surface area contributed by atoms with Crippen LogP contribution in [-0.2, 0) is 14.3 Å². The number of piperidine rings is 1. The van der Waals surface area contributed by atoms with E-state index >= 15 is 0 Å². The van der Waals surface area contributed by atoms with Crippen LogP contribution in [0.2, 0.25) is 0 Å². The molecule has 0 spiro atoms. The summed E-state index contributed by atoms with van der Waals surface area (Å²) in [4.78, 5) is 26.5. The molecule has 1 fully saturated rings. The minimum absolute atomic E-state index is 0.0267. The number of amides is 2. The molecule has 0 saturated carbocycles. The number of nitrogens with zero attached hydrogens (tertiary/aromatic N) is 1. The van der Waals surface area contributed by atoms with E-state index in [0.717, 1.165) is 24.0 Å². The van der Waals surface area contributed by atoms with E-state index < -0.39 is 0 Å². The van der Waals surface area contributed by atoms with Crippen molar-refractivity contribution in [2.75, 3.05) is 32.1 Å². The van der Waals surface area contributed by atoms with Crippen LogP contribution in [0.5, 0.6) is 0 Å². The van der Waals surface area contributed by atoms with Crippen LogP contribution in [0, 0.1) is 11.7 Å².